The van der Waals surface area contributed by atoms with Gasteiger partial charge in [0.25, 0.3) is 0 Å². The summed E-state index contributed by atoms with van der Waals surface area (Å²) in [5.41, 5.74) is 3.32. The fourth-order valence-electron chi connectivity index (χ4n) is 3.57. The Kier molecular flexibility index (Phi) is 6.83. The number of thiophene rings is 1. The number of aromatic nitrogens is 5. The first-order chi connectivity index (χ1) is 15.9. The summed E-state index contributed by atoms with van der Waals surface area (Å²) in [6.07, 6.45) is 8.23. The van der Waals surface area contributed by atoms with E-state index in [4.69, 9.17) is 4.74 Å². The second kappa shape index (κ2) is 9.78. The van der Waals surface area contributed by atoms with Gasteiger partial charge in [-0.1, -0.05) is 19.6 Å². The Morgan fingerprint density at radius 3 is 2.91 bits per heavy atom. The van der Waals surface area contributed by atoms with Crippen LogP contribution in [0.4, 0.5) is 0 Å². The summed E-state index contributed by atoms with van der Waals surface area (Å²) in [6, 6.07) is 6.88. The normalized spacial score (nSPS) is 12.7. The lowest BCUT2D eigenvalue weighted by Gasteiger charge is -2.15. The molecule has 0 aliphatic rings. The van der Waals surface area contributed by atoms with E-state index in [1.54, 1.807) is 17.2 Å². The SMILES string of the molecule is C[Si](C)(C)CCOCn1ccc2c(-c3cnn(C(CC#N)c4csc(C=O)c4)c3)ncnc21. The van der Waals surface area contributed by atoms with Crippen LogP contribution < -0.4 is 0 Å². The quantitative estimate of drug-likeness (QED) is 0.181. The third-order valence-corrected chi connectivity index (χ3v) is 7.98. The van der Waals surface area contributed by atoms with Crippen molar-refractivity contribution >= 4 is 36.7 Å². The predicted molar refractivity (Wildman–Crippen MR) is 131 cm³/mol. The summed E-state index contributed by atoms with van der Waals surface area (Å²) in [7, 11) is -1.13. The van der Waals surface area contributed by atoms with Gasteiger partial charge >= 0.3 is 0 Å². The van der Waals surface area contributed by atoms with Gasteiger partial charge in [0.05, 0.1) is 35.3 Å². The molecular formula is C23H26N6O2SSi. The Balaban J connectivity index is 1.58. The molecule has 0 spiro atoms. The summed E-state index contributed by atoms with van der Waals surface area (Å²) in [5, 5.41) is 16.7. The largest absolute Gasteiger partial charge is 0.361 e. The van der Waals surface area contributed by atoms with E-state index in [0.29, 0.717) is 11.6 Å². The van der Waals surface area contributed by atoms with Gasteiger partial charge in [-0.25, -0.2) is 9.97 Å². The van der Waals surface area contributed by atoms with Crippen molar-refractivity contribution in [3.8, 4) is 17.3 Å². The summed E-state index contributed by atoms with van der Waals surface area (Å²) in [5.74, 6) is 0. The van der Waals surface area contributed by atoms with Crippen LogP contribution in [0, 0.1) is 11.3 Å². The molecule has 33 heavy (non-hydrogen) atoms. The van der Waals surface area contributed by atoms with Crippen LogP contribution in [-0.4, -0.2) is 45.3 Å². The monoisotopic (exact) mass is 478 g/mol. The first-order valence-corrected chi connectivity index (χ1v) is 15.3. The molecule has 0 aliphatic heterocycles. The number of fused-ring (bicyclic) bond motifs is 1. The molecule has 0 bridgehead atoms. The molecule has 170 valence electrons. The second-order valence-electron chi connectivity index (χ2n) is 9.08. The highest BCUT2D eigenvalue weighted by atomic mass is 32.1. The highest BCUT2D eigenvalue weighted by Crippen LogP contribution is 2.30. The van der Waals surface area contributed by atoms with Gasteiger partial charge in [0.15, 0.2) is 6.29 Å². The molecule has 4 heterocycles. The Labute approximate surface area is 197 Å². The van der Waals surface area contributed by atoms with Gasteiger partial charge in [0.1, 0.15) is 18.7 Å². The minimum atomic E-state index is -1.13. The van der Waals surface area contributed by atoms with Gasteiger partial charge < -0.3 is 9.30 Å². The number of hydrogen-bond acceptors (Lipinski definition) is 7. The molecule has 4 aromatic rings. The van der Waals surface area contributed by atoms with Gasteiger partial charge in [-0.05, 0) is 29.1 Å². The van der Waals surface area contributed by atoms with Crippen molar-refractivity contribution in [3.05, 3.63) is 52.9 Å². The van der Waals surface area contributed by atoms with Crippen molar-refractivity contribution < 1.29 is 9.53 Å². The fraction of sp³-hybridized carbons (Fsp3) is 0.348. The number of aldehydes is 1. The number of carbonyl (C=O) groups excluding carboxylic acids is 1. The summed E-state index contributed by atoms with van der Waals surface area (Å²) < 4.78 is 9.65. The maximum atomic E-state index is 11.1. The van der Waals surface area contributed by atoms with Gasteiger partial charge in [0, 0.05) is 38.0 Å². The minimum Gasteiger partial charge on any atom is -0.361 e. The number of ether oxygens (including phenoxy) is 1. The van der Waals surface area contributed by atoms with Crippen molar-refractivity contribution in [3.63, 3.8) is 0 Å². The van der Waals surface area contributed by atoms with Crippen LogP contribution in [-0.2, 0) is 11.5 Å². The topological polar surface area (TPSA) is 98.6 Å². The van der Waals surface area contributed by atoms with Gasteiger partial charge in [-0.3, -0.25) is 9.48 Å². The molecule has 8 nitrogen and oxygen atoms in total. The van der Waals surface area contributed by atoms with E-state index in [1.165, 1.54) is 11.3 Å². The van der Waals surface area contributed by atoms with Gasteiger partial charge in [-0.2, -0.15) is 10.4 Å². The maximum Gasteiger partial charge on any atom is 0.160 e. The number of rotatable bonds is 10. The molecule has 0 N–H and O–H groups in total. The fourth-order valence-corrected chi connectivity index (χ4v) is 5.08. The molecule has 0 saturated heterocycles. The van der Waals surface area contributed by atoms with Crippen LogP contribution in [0.2, 0.25) is 25.7 Å². The third-order valence-electron chi connectivity index (χ3n) is 5.40. The van der Waals surface area contributed by atoms with E-state index < -0.39 is 8.07 Å². The van der Waals surface area contributed by atoms with E-state index >= 15 is 0 Å². The molecular weight excluding hydrogens is 452 g/mol. The van der Waals surface area contributed by atoms with Crippen molar-refractivity contribution in [1.82, 2.24) is 24.3 Å². The summed E-state index contributed by atoms with van der Waals surface area (Å²) >= 11 is 1.36. The standard InChI is InChI=1S/C23H26N6O2SSi/c1-33(2,3)9-8-31-16-28-7-5-20-22(25-15-26-23(20)28)18-11-27-29(12-18)21(4-6-24)17-10-19(13-30)32-14-17/h5,7,10-15,21H,4,8-9,16H2,1-3H3. The van der Waals surface area contributed by atoms with Crippen LogP contribution >= 0.6 is 11.3 Å². The molecule has 10 heteroatoms. The first kappa shape index (κ1) is 23.0. The van der Waals surface area contributed by atoms with Crippen molar-refractivity contribution in [1.29, 1.82) is 5.26 Å². The van der Waals surface area contributed by atoms with E-state index in [0.717, 1.165) is 46.8 Å². The minimum absolute atomic E-state index is 0.250. The molecule has 1 atom stereocenters. The Morgan fingerprint density at radius 2 is 2.18 bits per heavy atom. The van der Waals surface area contributed by atoms with Crippen LogP contribution in [0.1, 0.15) is 27.7 Å². The average molecular weight is 479 g/mol. The highest BCUT2D eigenvalue weighted by Gasteiger charge is 2.19. The third kappa shape index (κ3) is 5.27. The highest BCUT2D eigenvalue weighted by molar-refractivity contribution is 7.11. The van der Waals surface area contributed by atoms with E-state index in [2.05, 4.69) is 40.8 Å². The lowest BCUT2D eigenvalue weighted by Crippen LogP contribution is -2.22. The van der Waals surface area contributed by atoms with E-state index in [9.17, 15) is 10.1 Å². The summed E-state index contributed by atoms with van der Waals surface area (Å²) in [4.78, 5) is 20.7. The number of hydrogen-bond donors (Lipinski definition) is 0. The van der Waals surface area contributed by atoms with Crippen molar-refractivity contribution in [2.45, 2.75) is 44.9 Å². The molecule has 0 fully saturated rings. The van der Waals surface area contributed by atoms with E-state index in [-0.39, 0.29) is 12.5 Å². The Bertz CT molecular complexity index is 1300. The van der Waals surface area contributed by atoms with Crippen molar-refractivity contribution in [2.75, 3.05) is 6.61 Å². The number of carbonyl (C=O) groups is 1. The lowest BCUT2D eigenvalue weighted by molar-refractivity contribution is 0.0899. The Hall–Kier alpha value is -3.13. The van der Waals surface area contributed by atoms with Crippen molar-refractivity contribution in [2.24, 2.45) is 0 Å². The second-order valence-corrected chi connectivity index (χ2v) is 15.6. The molecule has 0 saturated carbocycles. The smallest absolute Gasteiger partial charge is 0.160 e. The molecule has 0 aromatic carbocycles. The number of nitrogens with zero attached hydrogens (tertiary/aromatic N) is 6. The average Bonchev–Trinajstić information content (AvgIpc) is 3.54. The van der Waals surface area contributed by atoms with Crippen LogP contribution in [0.25, 0.3) is 22.3 Å². The molecule has 0 radical (unpaired) electrons. The Morgan fingerprint density at radius 1 is 1.33 bits per heavy atom. The van der Waals surface area contributed by atoms with E-state index in [1.807, 2.05) is 34.5 Å². The molecule has 1 unspecified atom stereocenters. The van der Waals surface area contributed by atoms with Crippen LogP contribution in [0.5, 0.6) is 0 Å². The maximum absolute atomic E-state index is 11.1. The number of nitriles is 1. The van der Waals surface area contributed by atoms with Crippen LogP contribution in [0.3, 0.4) is 0 Å². The first-order valence-electron chi connectivity index (χ1n) is 10.7. The lowest BCUT2D eigenvalue weighted by atomic mass is 10.1. The zero-order valence-corrected chi connectivity index (χ0v) is 20.7. The van der Waals surface area contributed by atoms with Gasteiger partial charge in [0.2, 0.25) is 0 Å². The molecule has 4 rings (SSSR count). The molecule has 0 aliphatic carbocycles. The van der Waals surface area contributed by atoms with Crippen LogP contribution in [0.15, 0.2) is 42.4 Å². The molecule has 4 aromatic heterocycles. The zero-order chi connectivity index (χ0) is 23.4. The molecule has 0 amide bonds. The van der Waals surface area contributed by atoms with Gasteiger partial charge in [-0.15, -0.1) is 11.3 Å². The summed E-state index contributed by atoms with van der Waals surface area (Å²) in [6.45, 7) is 8.20. The predicted octanol–water partition coefficient (Wildman–Crippen LogP) is 4.98. The zero-order valence-electron chi connectivity index (χ0n) is 18.9.